The summed E-state index contributed by atoms with van der Waals surface area (Å²) in [5, 5.41) is 7.25. The summed E-state index contributed by atoms with van der Waals surface area (Å²) >= 11 is 0. The van der Waals surface area contributed by atoms with E-state index in [1.54, 1.807) is 0 Å². The highest BCUT2D eigenvalue weighted by atomic mass is 16.5. The van der Waals surface area contributed by atoms with Gasteiger partial charge in [0.25, 0.3) is 0 Å². The van der Waals surface area contributed by atoms with Gasteiger partial charge in [-0.05, 0) is 67.3 Å². The highest BCUT2D eigenvalue weighted by Gasteiger charge is 2.30. The van der Waals surface area contributed by atoms with Crippen molar-refractivity contribution in [2.45, 2.75) is 45.4 Å². The van der Waals surface area contributed by atoms with Gasteiger partial charge in [-0.3, -0.25) is 5.01 Å². The SMILES string of the molecule is CC(C)OCC(C)Oc1ccc(C2CC(c3ccc(-c4ccccc4)cc3)=NN2c2ccccc2)cc1. The minimum absolute atomic E-state index is 0.00524. The topological polar surface area (TPSA) is 34.1 Å². The first-order valence-electron chi connectivity index (χ1n) is 13.0. The Labute approximate surface area is 220 Å². The van der Waals surface area contributed by atoms with E-state index in [9.17, 15) is 0 Å². The lowest BCUT2D eigenvalue weighted by Gasteiger charge is -2.24. The van der Waals surface area contributed by atoms with E-state index in [1.807, 2.05) is 32.9 Å². The molecular formula is C33H34N2O2. The van der Waals surface area contributed by atoms with Crippen LogP contribution < -0.4 is 9.75 Å². The fraction of sp³-hybridized carbons (Fsp3) is 0.242. The molecule has 0 bridgehead atoms. The van der Waals surface area contributed by atoms with Gasteiger partial charge in [-0.15, -0.1) is 0 Å². The molecule has 188 valence electrons. The molecule has 2 atom stereocenters. The minimum atomic E-state index is -0.00524. The van der Waals surface area contributed by atoms with Crippen LogP contribution in [0.2, 0.25) is 0 Å². The van der Waals surface area contributed by atoms with Crippen LogP contribution in [0.3, 0.4) is 0 Å². The lowest BCUT2D eigenvalue weighted by molar-refractivity contribution is 0.0230. The van der Waals surface area contributed by atoms with E-state index in [0.717, 1.165) is 29.1 Å². The molecule has 0 fully saturated rings. The largest absolute Gasteiger partial charge is 0.488 e. The highest BCUT2D eigenvalue weighted by molar-refractivity contribution is 6.03. The number of nitrogens with zero attached hydrogens (tertiary/aromatic N) is 2. The summed E-state index contributed by atoms with van der Waals surface area (Å²) < 4.78 is 11.7. The summed E-state index contributed by atoms with van der Waals surface area (Å²) in [6, 6.07) is 38.1. The summed E-state index contributed by atoms with van der Waals surface area (Å²) in [4.78, 5) is 0. The molecule has 2 unspecified atom stereocenters. The Morgan fingerprint density at radius 3 is 1.97 bits per heavy atom. The standard InChI is InChI=1S/C33H34N2O2/c1-24(2)36-23-25(3)37-31-20-18-29(19-21-31)33-22-32(34-35(33)30-12-8-5-9-13-30)28-16-14-27(15-17-28)26-10-6-4-7-11-26/h4-21,24-25,33H,22-23H2,1-3H3. The van der Waals surface area contributed by atoms with Gasteiger partial charge in [-0.2, -0.15) is 5.10 Å². The Bertz CT molecular complexity index is 1300. The van der Waals surface area contributed by atoms with Crippen molar-refractivity contribution in [2.24, 2.45) is 5.10 Å². The number of benzene rings is 4. The van der Waals surface area contributed by atoms with Gasteiger partial charge < -0.3 is 9.47 Å². The summed E-state index contributed by atoms with van der Waals surface area (Å²) in [7, 11) is 0. The molecule has 0 radical (unpaired) electrons. The van der Waals surface area contributed by atoms with Crippen LogP contribution in [0, 0.1) is 0 Å². The van der Waals surface area contributed by atoms with Crippen molar-refractivity contribution < 1.29 is 9.47 Å². The molecule has 0 saturated carbocycles. The van der Waals surface area contributed by atoms with Crippen molar-refractivity contribution in [1.29, 1.82) is 0 Å². The molecular weight excluding hydrogens is 456 g/mol. The molecule has 0 amide bonds. The maximum Gasteiger partial charge on any atom is 0.119 e. The molecule has 0 aromatic heterocycles. The van der Waals surface area contributed by atoms with E-state index >= 15 is 0 Å². The number of anilines is 1. The van der Waals surface area contributed by atoms with Crippen molar-refractivity contribution in [3.05, 3.63) is 120 Å². The fourth-order valence-corrected chi connectivity index (χ4v) is 4.61. The number of hydrazone groups is 1. The van der Waals surface area contributed by atoms with Gasteiger partial charge in [0.05, 0.1) is 30.2 Å². The molecule has 0 N–H and O–H groups in total. The van der Waals surface area contributed by atoms with Crippen LogP contribution in [0.25, 0.3) is 11.1 Å². The number of hydrogen-bond donors (Lipinski definition) is 0. The lowest BCUT2D eigenvalue weighted by Crippen LogP contribution is -2.21. The van der Waals surface area contributed by atoms with E-state index in [0.29, 0.717) is 6.61 Å². The van der Waals surface area contributed by atoms with Gasteiger partial charge in [-0.1, -0.05) is 84.9 Å². The van der Waals surface area contributed by atoms with Crippen LogP contribution in [0.4, 0.5) is 5.69 Å². The second-order valence-corrected chi connectivity index (χ2v) is 9.77. The zero-order valence-electron chi connectivity index (χ0n) is 21.7. The zero-order chi connectivity index (χ0) is 25.6. The molecule has 4 aromatic rings. The maximum atomic E-state index is 6.06. The number of rotatable bonds is 9. The predicted octanol–water partition coefficient (Wildman–Crippen LogP) is 7.90. The Balaban J connectivity index is 1.36. The van der Waals surface area contributed by atoms with Gasteiger partial charge >= 0.3 is 0 Å². The summed E-state index contributed by atoms with van der Waals surface area (Å²) in [6.45, 7) is 6.68. The molecule has 37 heavy (non-hydrogen) atoms. The van der Waals surface area contributed by atoms with Gasteiger partial charge in [0, 0.05) is 6.42 Å². The van der Waals surface area contributed by atoms with Crippen LogP contribution in [0.1, 0.15) is 44.4 Å². The summed E-state index contributed by atoms with van der Waals surface area (Å²) in [5.74, 6) is 0.852. The molecule has 1 aliphatic heterocycles. The first kappa shape index (κ1) is 24.8. The Kier molecular flexibility index (Phi) is 7.67. The third-order valence-electron chi connectivity index (χ3n) is 6.52. The summed E-state index contributed by atoms with van der Waals surface area (Å²) in [5.41, 5.74) is 6.97. The lowest BCUT2D eigenvalue weighted by atomic mass is 9.96. The van der Waals surface area contributed by atoms with Crippen LogP contribution in [0.5, 0.6) is 5.75 Å². The number of para-hydroxylation sites is 1. The third-order valence-corrected chi connectivity index (χ3v) is 6.52. The minimum Gasteiger partial charge on any atom is -0.488 e. The van der Waals surface area contributed by atoms with Crippen molar-refractivity contribution in [3.63, 3.8) is 0 Å². The number of hydrogen-bond acceptors (Lipinski definition) is 4. The van der Waals surface area contributed by atoms with Crippen LogP contribution >= 0.6 is 0 Å². The number of ether oxygens (including phenoxy) is 2. The fourth-order valence-electron chi connectivity index (χ4n) is 4.61. The van der Waals surface area contributed by atoms with Crippen molar-refractivity contribution in [1.82, 2.24) is 0 Å². The van der Waals surface area contributed by atoms with Gasteiger partial charge in [0.2, 0.25) is 0 Å². The van der Waals surface area contributed by atoms with Crippen molar-refractivity contribution in [2.75, 3.05) is 11.6 Å². The second kappa shape index (κ2) is 11.4. The van der Waals surface area contributed by atoms with Gasteiger partial charge in [0.15, 0.2) is 0 Å². The van der Waals surface area contributed by atoms with Crippen LogP contribution in [-0.4, -0.2) is 24.5 Å². The van der Waals surface area contributed by atoms with Crippen LogP contribution in [-0.2, 0) is 4.74 Å². The maximum absolute atomic E-state index is 6.06. The van der Waals surface area contributed by atoms with Crippen molar-refractivity contribution >= 4 is 11.4 Å². The highest BCUT2D eigenvalue weighted by Crippen LogP contribution is 2.37. The Morgan fingerprint density at radius 2 is 1.32 bits per heavy atom. The Hall–Kier alpha value is -3.89. The second-order valence-electron chi connectivity index (χ2n) is 9.77. The predicted molar refractivity (Wildman–Crippen MR) is 152 cm³/mol. The molecule has 5 rings (SSSR count). The summed E-state index contributed by atoms with van der Waals surface area (Å²) in [6.07, 6.45) is 1.02. The molecule has 0 spiro atoms. The first-order valence-corrected chi connectivity index (χ1v) is 13.0. The quantitative estimate of drug-likeness (QED) is 0.239. The smallest absolute Gasteiger partial charge is 0.119 e. The average molecular weight is 491 g/mol. The van der Waals surface area contributed by atoms with Crippen molar-refractivity contribution in [3.8, 4) is 16.9 Å². The Morgan fingerprint density at radius 1 is 0.730 bits per heavy atom. The third kappa shape index (κ3) is 6.10. The molecule has 4 aromatic carbocycles. The van der Waals surface area contributed by atoms with Gasteiger partial charge in [-0.25, -0.2) is 0 Å². The molecule has 0 saturated heterocycles. The normalized spacial score (nSPS) is 16.1. The van der Waals surface area contributed by atoms with E-state index in [2.05, 4.69) is 102 Å². The average Bonchev–Trinajstić information content (AvgIpc) is 3.39. The van der Waals surface area contributed by atoms with E-state index < -0.39 is 0 Å². The van der Waals surface area contributed by atoms with E-state index in [-0.39, 0.29) is 18.2 Å². The van der Waals surface area contributed by atoms with Crippen LogP contribution in [0.15, 0.2) is 114 Å². The molecule has 0 aliphatic carbocycles. The first-order chi connectivity index (χ1) is 18.1. The van der Waals surface area contributed by atoms with E-state index in [1.165, 1.54) is 16.7 Å². The molecule has 1 heterocycles. The van der Waals surface area contributed by atoms with E-state index in [4.69, 9.17) is 14.6 Å². The van der Waals surface area contributed by atoms with Gasteiger partial charge in [0.1, 0.15) is 11.9 Å². The molecule has 4 nitrogen and oxygen atoms in total. The zero-order valence-corrected chi connectivity index (χ0v) is 21.7. The molecule has 4 heteroatoms. The molecule has 1 aliphatic rings. The monoisotopic (exact) mass is 490 g/mol.